The number of ether oxygens (including phenoxy) is 1. The van der Waals surface area contributed by atoms with Gasteiger partial charge in [0.1, 0.15) is 17.4 Å². The van der Waals surface area contributed by atoms with Crippen molar-refractivity contribution in [3.8, 4) is 11.4 Å². The molecule has 0 amide bonds. The maximum atomic E-state index is 5.65. The summed E-state index contributed by atoms with van der Waals surface area (Å²) in [6.07, 6.45) is 2.30. The van der Waals surface area contributed by atoms with Crippen molar-refractivity contribution < 1.29 is 4.74 Å². The number of aryl methyl sites for hydroxylation is 1. The highest BCUT2D eigenvalue weighted by Crippen LogP contribution is 2.40. The van der Waals surface area contributed by atoms with E-state index in [9.17, 15) is 0 Å². The molecule has 4 rings (SSSR count). The number of aromatic nitrogens is 4. The van der Waals surface area contributed by atoms with Gasteiger partial charge in [-0.2, -0.15) is 5.10 Å². The Bertz CT molecular complexity index is 898. The van der Waals surface area contributed by atoms with Crippen LogP contribution in [-0.2, 0) is 0 Å². The summed E-state index contributed by atoms with van der Waals surface area (Å²) >= 11 is 0. The number of nitrogens with two attached hydrogens (primary N) is 1. The number of fused-ring (bicyclic) bond motifs is 1. The molecule has 1 saturated carbocycles. The fourth-order valence-electron chi connectivity index (χ4n) is 2.95. The van der Waals surface area contributed by atoms with E-state index in [2.05, 4.69) is 5.32 Å². The van der Waals surface area contributed by atoms with Crippen molar-refractivity contribution in [2.75, 3.05) is 25.5 Å². The molecule has 3 N–H and O–H groups in total. The van der Waals surface area contributed by atoms with Gasteiger partial charge in [-0.3, -0.25) is 0 Å². The Morgan fingerprint density at radius 3 is 2.64 bits per heavy atom. The molecule has 0 unspecified atom stereocenters. The molecule has 2 heterocycles. The Morgan fingerprint density at radius 1 is 1.24 bits per heavy atom. The Labute approximate surface area is 146 Å². The van der Waals surface area contributed by atoms with E-state index in [0.717, 1.165) is 52.6 Å². The molecule has 130 valence electrons. The van der Waals surface area contributed by atoms with Gasteiger partial charge < -0.3 is 15.8 Å². The summed E-state index contributed by atoms with van der Waals surface area (Å²) < 4.78 is 7.12. The SMILES string of the molecule is COc1ccc(-n2nc(C)c3c(NCCN)nc(C4CC4)nc32)cc1. The molecular formula is C18H22N6O. The van der Waals surface area contributed by atoms with Crippen LogP contribution < -0.4 is 15.8 Å². The van der Waals surface area contributed by atoms with Gasteiger partial charge in [0.05, 0.1) is 23.9 Å². The average Bonchev–Trinajstić information content (AvgIpc) is 3.44. The van der Waals surface area contributed by atoms with Gasteiger partial charge in [0, 0.05) is 19.0 Å². The van der Waals surface area contributed by atoms with Crippen LogP contribution in [0, 0.1) is 6.92 Å². The first-order chi connectivity index (χ1) is 12.2. The number of hydrogen-bond donors (Lipinski definition) is 2. The molecule has 7 heteroatoms. The van der Waals surface area contributed by atoms with E-state index in [1.54, 1.807) is 7.11 Å². The molecule has 0 atom stereocenters. The van der Waals surface area contributed by atoms with Gasteiger partial charge in [-0.15, -0.1) is 0 Å². The maximum Gasteiger partial charge on any atom is 0.168 e. The first kappa shape index (κ1) is 15.8. The number of nitrogens with one attached hydrogen (secondary N) is 1. The largest absolute Gasteiger partial charge is 0.497 e. The molecule has 25 heavy (non-hydrogen) atoms. The molecule has 3 aromatic rings. The zero-order chi connectivity index (χ0) is 17.4. The number of rotatable bonds is 6. The van der Waals surface area contributed by atoms with E-state index in [1.807, 2.05) is 35.9 Å². The Morgan fingerprint density at radius 2 is 2.00 bits per heavy atom. The van der Waals surface area contributed by atoms with Crippen LogP contribution in [0.1, 0.15) is 30.3 Å². The monoisotopic (exact) mass is 338 g/mol. The molecule has 0 radical (unpaired) electrons. The van der Waals surface area contributed by atoms with Crippen LogP contribution in [0.2, 0.25) is 0 Å². The average molecular weight is 338 g/mol. The predicted molar refractivity (Wildman–Crippen MR) is 97.5 cm³/mol. The lowest BCUT2D eigenvalue weighted by Gasteiger charge is -2.09. The van der Waals surface area contributed by atoms with Crippen LogP contribution in [0.3, 0.4) is 0 Å². The highest BCUT2D eigenvalue weighted by molar-refractivity contribution is 5.90. The zero-order valence-electron chi connectivity index (χ0n) is 14.5. The zero-order valence-corrected chi connectivity index (χ0v) is 14.5. The van der Waals surface area contributed by atoms with Gasteiger partial charge in [-0.1, -0.05) is 0 Å². The normalized spacial score (nSPS) is 14.0. The van der Waals surface area contributed by atoms with Crippen LogP contribution in [-0.4, -0.2) is 39.9 Å². The molecule has 1 aliphatic carbocycles. The van der Waals surface area contributed by atoms with E-state index in [0.29, 0.717) is 19.0 Å². The van der Waals surface area contributed by atoms with Crippen molar-refractivity contribution in [3.63, 3.8) is 0 Å². The molecule has 2 aromatic heterocycles. The summed E-state index contributed by atoms with van der Waals surface area (Å²) in [5.41, 5.74) is 8.33. The third-order valence-electron chi connectivity index (χ3n) is 4.42. The Balaban J connectivity index is 1.87. The number of methoxy groups -OCH3 is 1. The molecule has 1 aliphatic rings. The minimum atomic E-state index is 0.461. The van der Waals surface area contributed by atoms with Crippen LogP contribution in [0.15, 0.2) is 24.3 Å². The molecule has 1 aromatic carbocycles. The van der Waals surface area contributed by atoms with Crippen molar-refractivity contribution >= 4 is 16.9 Å². The lowest BCUT2D eigenvalue weighted by atomic mass is 10.2. The lowest BCUT2D eigenvalue weighted by Crippen LogP contribution is -2.15. The smallest absolute Gasteiger partial charge is 0.168 e. The van der Waals surface area contributed by atoms with E-state index in [-0.39, 0.29) is 0 Å². The standard InChI is InChI=1S/C18H22N6O/c1-11-15-17(20-10-9-19)21-16(12-3-4-12)22-18(15)24(23-11)13-5-7-14(25-2)8-6-13/h5-8,12H,3-4,9-10,19H2,1-2H3,(H,20,21,22). The Kier molecular flexibility index (Phi) is 4.01. The molecule has 7 nitrogen and oxygen atoms in total. The van der Waals surface area contributed by atoms with E-state index < -0.39 is 0 Å². The fourth-order valence-corrected chi connectivity index (χ4v) is 2.95. The second-order valence-corrected chi connectivity index (χ2v) is 6.31. The van der Waals surface area contributed by atoms with Gasteiger partial charge >= 0.3 is 0 Å². The summed E-state index contributed by atoms with van der Waals surface area (Å²) in [7, 11) is 1.66. The van der Waals surface area contributed by atoms with Crippen molar-refractivity contribution in [3.05, 3.63) is 35.8 Å². The van der Waals surface area contributed by atoms with Crippen molar-refractivity contribution in [2.24, 2.45) is 5.73 Å². The molecule has 1 fully saturated rings. The third-order valence-corrected chi connectivity index (χ3v) is 4.42. The second kappa shape index (κ2) is 6.33. The first-order valence-electron chi connectivity index (χ1n) is 8.57. The van der Waals surface area contributed by atoms with E-state index in [1.165, 1.54) is 0 Å². The summed E-state index contributed by atoms with van der Waals surface area (Å²) in [6, 6.07) is 7.82. The minimum absolute atomic E-state index is 0.461. The van der Waals surface area contributed by atoms with Gasteiger partial charge in [0.25, 0.3) is 0 Å². The van der Waals surface area contributed by atoms with Crippen LogP contribution in [0.25, 0.3) is 16.7 Å². The van der Waals surface area contributed by atoms with Crippen molar-refractivity contribution in [2.45, 2.75) is 25.7 Å². The minimum Gasteiger partial charge on any atom is -0.497 e. The summed E-state index contributed by atoms with van der Waals surface area (Å²) in [5.74, 6) is 2.99. The van der Waals surface area contributed by atoms with Crippen LogP contribution in [0.5, 0.6) is 5.75 Å². The third kappa shape index (κ3) is 2.91. The van der Waals surface area contributed by atoms with Crippen LogP contribution >= 0.6 is 0 Å². The van der Waals surface area contributed by atoms with Gasteiger partial charge in [0.15, 0.2) is 5.65 Å². The number of anilines is 1. The van der Waals surface area contributed by atoms with Crippen molar-refractivity contribution in [1.82, 2.24) is 19.7 Å². The number of hydrogen-bond acceptors (Lipinski definition) is 6. The summed E-state index contributed by atoms with van der Waals surface area (Å²) in [5, 5.41) is 8.99. The second-order valence-electron chi connectivity index (χ2n) is 6.31. The lowest BCUT2D eigenvalue weighted by molar-refractivity contribution is 0.414. The van der Waals surface area contributed by atoms with Gasteiger partial charge in [-0.25, -0.2) is 14.6 Å². The number of benzene rings is 1. The van der Waals surface area contributed by atoms with Gasteiger partial charge in [-0.05, 0) is 44.0 Å². The molecule has 0 bridgehead atoms. The Hall–Kier alpha value is -2.67. The molecule has 0 spiro atoms. The van der Waals surface area contributed by atoms with Crippen LogP contribution in [0.4, 0.5) is 5.82 Å². The van der Waals surface area contributed by atoms with Gasteiger partial charge in [0.2, 0.25) is 0 Å². The first-order valence-corrected chi connectivity index (χ1v) is 8.57. The fraction of sp³-hybridized carbons (Fsp3) is 0.389. The topological polar surface area (TPSA) is 90.9 Å². The maximum absolute atomic E-state index is 5.65. The van der Waals surface area contributed by atoms with E-state index in [4.69, 9.17) is 25.5 Å². The quantitative estimate of drug-likeness (QED) is 0.717. The van der Waals surface area contributed by atoms with Crippen molar-refractivity contribution in [1.29, 1.82) is 0 Å². The molecular weight excluding hydrogens is 316 g/mol. The summed E-state index contributed by atoms with van der Waals surface area (Å²) in [6.45, 7) is 3.20. The molecule has 0 aliphatic heterocycles. The number of nitrogens with zero attached hydrogens (tertiary/aromatic N) is 4. The highest BCUT2D eigenvalue weighted by Gasteiger charge is 2.29. The predicted octanol–water partition coefficient (Wildman–Crippen LogP) is 2.38. The van der Waals surface area contributed by atoms with E-state index >= 15 is 0 Å². The highest BCUT2D eigenvalue weighted by atomic mass is 16.5. The summed E-state index contributed by atoms with van der Waals surface area (Å²) in [4.78, 5) is 9.58. The molecule has 0 saturated heterocycles.